The van der Waals surface area contributed by atoms with Crippen LogP contribution in [0.3, 0.4) is 0 Å². The molecule has 1 aliphatic rings. The molecular formula is C17H24N6O2. The maximum absolute atomic E-state index is 12.3. The minimum atomic E-state index is -0.913. The van der Waals surface area contributed by atoms with Crippen molar-refractivity contribution in [2.75, 3.05) is 31.6 Å². The van der Waals surface area contributed by atoms with Crippen molar-refractivity contribution in [3.8, 4) is 0 Å². The van der Waals surface area contributed by atoms with Gasteiger partial charge in [0.2, 0.25) is 5.91 Å². The number of hydrogen-bond donors (Lipinski definition) is 1. The molecule has 134 valence electrons. The second-order valence-electron chi connectivity index (χ2n) is 6.58. The SMILES string of the molecule is CN(C[C@]1(O)CCN(c2cnccn2)C1)C(=O)CCCn1cccn1. The lowest BCUT2D eigenvalue weighted by Crippen LogP contribution is -2.45. The summed E-state index contributed by atoms with van der Waals surface area (Å²) in [7, 11) is 1.75. The number of likely N-dealkylation sites (N-methyl/N-ethyl adjacent to an activating group) is 1. The van der Waals surface area contributed by atoms with Gasteiger partial charge in [-0.3, -0.25) is 14.5 Å². The van der Waals surface area contributed by atoms with Crippen molar-refractivity contribution >= 4 is 11.7 Å². The fourth-order valence-corrected chi connectivity index (χ4v) is 3.18. The molecule has 3 rings (SSSR count). The Morgan fingerprint density at radius 3 is 3.00 bits per heavy atom. The van der Waals surface area contributed by atoms with Crippen LogP contribution in [0.1, 0.15) is 19.3 Å². The Bertz CT molecular complexity index is 678. The van der Waals surface area contributed by atoms with E-state index in [4.69, 9.17) is 0 Å². The minimum Gasteiger partial charge on any atom is -0.386 e. The number of carbonyl (C=O) groups is 1. The average Bonchev–Trinajstić information content (AvgIpc) is 3.25. The predicted octanol–water partition coefficient (Wildman–Crippen LogP) is 0.553. The van der Waals surface area contributed by atoms with E-state index in [1.807, 2.05) is 21.8 Å². The zero-order valence-corrected chi connectivity index (χ0v) is 14.5. The first-order valence-electron chi connectivity index (χ1n) is 8.50. The highest BCUT2D eigenvalue weighted by Crippen LogP contribution is 2.25. The second kappa shape index (κ2) is 7.60. The number of rotatable bonds is 7. The fraction of sp³-hybridized carbons (Fsp3) is 0.529. The molecule has 1 amide bonds. The molecule has 25 heavy (non-hydrogen) atoms. The van der Waals surface area contributed by atoms with Gasteiger partial charge in [-0.25, -0.2) is 4.98 Å². The van der Waals surface area contributed by atoms with Crippen LogP contribution in [0.25, 0.3) is 0 Å². The molecule has 1 N–H and O–H groups in total. The van der Waals surface area contributed by atoms with Gasteiger partial charge in [-0.1, -0.05) is 0 Å². The van der Waals surface area contributed by atoms with Gasteiger partial charge in [-0.15, -0.1) is 0 Å². The molecule has 2 aromatic rings. The van der Waals surface area contributed by atoms with Gasteiger partial charge in [0, 0.05) is 57.9 Å². The Kier molecular flexibility index (Phi) is 5.28. The molecule has 0 radical (unpaired) electrons. The third kappa shape index (κ3) is 4.54. The van der Waals surface area contributed by atoms with Crippen molar-refractivity contribution in [3.05, 3.63) is 37.1 Å². The largest absolute Gasteiger partial charge is 0.386 e. The van der Waals surface area contributed by atoms with Crippen LogP contribution in [-0.2, 0) is 11.3 Å². The highest BCUT2D eigenvalue weighted by Gasteiger charge is 2.38. The maximum atomic E-state index is 12.3. The van der Waals surface area contributed by atoms with Crippen LogP contribution >= 0.6 is 0 Å². The first kappa shape index (κ1) is 17.3. The molecule has 1 atom stereocenters. The van der Waals surface area contributed by atoms with Gasteiger partial charge < -0.3 is 14.9 Å². The van der Waals surface area contributed by atoms with Gasteiger partial charge in [-0.05, 0) is 18.9 Å². The van der Waals surface area contributed by atoms with Crippen LogP contribution in [0.5, 0.6) is 0 Å². The molecule has 8 nitrogen and oxygen atoms in total. The van der Waals surface area contributed by atoms with Crippen molar-refractivity contribution in [2.24, 2.45) is 0 Å². The summed E-state index contributed by atoms with van der Waals surface area (Å²) in [6.07, 6.45) is 10.4. The van der Waals surface area contributed by atoms with E-state index in [1.165, 1.54) is 0 Å². The van der Waals surface area contributed by atoms with E-state index in [0.29, 0.717) is 32.5 Å². The number of aromatic nitrogens is 4. The maximum Gasteiger partial charge on any atom is 0.222 e. The molecule has 0 aliphatic carbocycles. The van der Waals surface area contributed by atoms with Crippen molar-refractivity contribution in [3.63, 3.8) is 0 Å². The van der Waals surface area contributed by atoms with Crippen molar-refractivity contribution in [1.82, 2.24) is 24.6 Å². The zero-order valence-electron chi connectivity index (χ0n) is 14.5. The van der Waals surface area contributed by atoms with Crippen molar-refractivity contribution in [1.29, 1.82) is 0 Å². The van der Waals surface area contributed by atoms with E-state index in [2.05, 4.69) is 15.1 Å². The standard InChI is InChI=1S/C17H24N6O2/c1-21(16(24)4-2-9-23-10-3-6-20-23)13-17(25)5-11-22(14-17)15-12-18-7-8-19-15/h3,6-8,10,12,25H,2,4-5,9,11,13-14H2,1H3/t17-/m1/s1. The van der Waals surface area contributed by atoms with Gasteiger partial charge in [0.25, 0.3) is 0 Å². The molecule has 2 aromatic heterocycles. The van der Waals surface area contributed by atoms with E-state index >= 15 is 0 Å². The van der Waals surface area contributed by atoms with Crippen LogP contribution in [0.15, 0.2) is 37.1 Å². The number of aliphatic hydroxyl groups is 1. The zero-order chi connectivity index (χ0) is 17.7. The summed E-state index contributed by atoms with van der Waals surface area (Å²) in [6.45, 7) is 2.20. The Labute approximate surface area is 147 Å². The summed E-state index contributed by atoms with van der Waals surface area (Å²) in [5.74, 6) is 0.796. The summed E-state index contributed by atoms with van der Waals surface area (Å²) >= 11 is 0. The minimum absolute atomic E-state index is 0.0403. The molecule has 1 saturated heterocycles. The lowest BCUT2D eigenvalue weighted by atomic mass is 10.0. The van der Waals surface area contributed by atoms with Gasteiger partial charge in [-0.2, -0.15) is 5.10 Å². The van der Waals surface area contributed by atoms with Crippen LogP contribution in [0.2, 0.25) is 0 Å². The number of anilines is 1. The third-order valence-electron chi connectivity index (χ3n) is 4.50. The summed E-state index contributed by atoms with van der Waals surface area (Å²) in [5.41, 5.74) is -0.913. The monoisotopic (exact) mass is 344 g/mol. The van der Waals surface area contributed by atoms with Crippen molar-refractivity contribution < 1.29 is 9.90 Å². The fourth-order valence-electron chi connectivity index (χ4n) is 3.18. The highest BCUT2D eigenvalue weighted by molar-refractivity contribution is 5.75. The number of β-amino-alcohol motifs (C(OH)–C–C–N with tert-alkyl or cyclic N) is 1. The van der Waals surface area contributed by atoms with E-state index < -0.39 is 5.60 Å². The molecule has 1 aliphatic heterocycles. The third-order valence-corrected chi connectivity index (χ3v) is 4.50. The second-order valence-corrected chi connectivity index (χ2v) is 6.58. The van der Waals surface area contributed by atoms with Gasteiger partial charge >= 0.3 is 0 Å². The van der Waals surface area contributed by atoms with Crippen LogP contribution in [-0.4, -0.2) is 67.9 Å². The number of hydrogen-bond acceptors (Lipinski definition) is 6. The number of amides is 1. The van der Waals surface area contributed by atoms with Gasteiger partial charge in [0.1, 0.15) is 11.4 Å². The Morgan fingerprint density at radius 1 is 1.40 bits per heavy atom. The summed E-state index contributed by atoms with van der Waals surface area (Å²) in [5, 5.41) is 14.9. The van der Waals surface area contributed by atoms with E-state index in [-0.39, 0.29) is 5.91 Å². The molecule has 0 spiro atoms. The molecule has 0 unspecified atom stereocenters. The summed E-state index contributed by atoms with van der Waals surface area (Å²) in [4.78, 5) is 24.3. The molecule has 3 heterocycles. The normalized spacial score (nSPS) is 20.0. The van der Waals surface area contributed by atoms with Crippen LogP contribution in [0.4, 0.5) is 5.82 Å². The summed E-state index contributed by atoms with van der Waals surface area (Å²) < 4.78 is 1.82. The first-order chi connectivity index (χ1) is 12.1. The molecule has 8 heteroatoms. The molecule has 0 bridgehead atoms. The Morgan fingerprint density at radius 2 is 2.28 bits per heavy atom. The predicted molar refractivity (Wildman–Crippen MR) is 92.9 cm³/mol. The van der Waals surface area contributed by atoms with Crippen molar-refractivity contribution in [2.45, 2.75) is 31.4 Å². The molecule has 0 aromatic carbocycles. The number of carbonyl (C=O) groups excluding carboxylic acids is 1. The lowest BCUT2D eigenvalue weighted by molar-refractivity contribution is -0.133. The van der Waals surface area contributed by atoms with E-state index in [1.54, 1.807) is 36.7 Å². The van der Waals surface area contributed by atoms with Crippen LogP contribution < -0.4 is 4.90 Å². The van der Waals surface area contributed by atoms with Gasteiger partial charge in [0.05, 0.1) is 12.7 Å². The van der Waals surface area contributed by atoms with Crippen LogP contribution in [0, 0.1) is 0 Å². The number of nitrogens with zero attached hydrogens (tertiary/aromatic N) is 6. The molecule has 0 saturated carbocycles. The lowest BCUT2D eigenvalue weighted by Gasteiger charge is -2.29. The van der Waals surface area contributed by atoms with E-state index in [0.717, 1.165) is 18.8 Å². The summed E-state index contributed by atoms with van der Waals surface area (Å²) in [6, 6.07) is 1.87. The highest BCUT2D eigenvalue weighted by atomic mass is 16.3. The molecular weight excluding hydrogens is 320 g/mol. The topological polar surface area (TPSA) is 87.4 Å². The number of aryl methyl sites for hydroxylation is 1. The molecule has 1 fully saturated rings. The smallest absolute Gasteiger partial charge is 0.222 e. The quantitative estimate of drug-likeness (QED) is 0.789. The van der Waals surface area contributed by atoms with E-state index in [9.17, 15) is 9.90 Å². The first-order valence-corrected chi connectivity index (χ1v) is 8.50. The van der Waals surface area contributed by atoms with Gasteiger partial charge in [0.15, 0.2) is 0 Å². The Hall–Kier alpha value is -2.48. The Balaban J connectivity index is 1.46. The average molecular weight is 344 g/mol.